The molecule has 2 fully saturated rings. The van der Waals surface area contributed by atoms with E-state index in [-0.39, 0.29) is 12.2 Å². The van der Waals surface area contributed by atoms with Crippen LogP contribution in [0.2, 0.25) is 0 Å². The van der Waals surface area contributed by atoms with Crippen molar-refractivity contribution in [1.82, 2.24) is 15.3 Å². The maximum absolute atomic E-state index is 11.7. The van der Waals surface area contributed by atoms with E-state index in [9.17, 15) is 4.79 Å². The zero-order valence-electron chi connectivity index (χ0n) is 14.6. The van der Waals surface area contributed by atoms with Crippen LogP contribution in [0.3, 0.4) is 0 Å². The van der Waals surface area contributed by atoms with Crippen molar-refractivity contribution in [3.05, 3.63) is 18.1 Å². The normalized spacial score (nSPS) is 21.5. The van der Waals surface area contributed by atoms with Gasteiger partial charge >= 0.3 is 6.09 Å². The lowest BCUT2D eigenvalue weighted by molar-refractivity contribution is 0.0516. The smallest absolute Gasteiger partial charge is 0.407 e. The zero-order valence-corrected chi connectivity index (χ0v) is 14.6. The number of carbonyl (C=O) groups is 1. The van der Waals surface area contributed by atoms with Crippen molar-refractivity contribution in [1.29, 1.82) is 0 Å². The van der Waals surface area contributed by atoms with E-state index < -0.39 is 5.60 Å². The topological polar surface area (TPSA) is 76.6 Å². The Morgan fingerprint density at radius 1 is 1.42 bits per heavy atom. The van der Waals surface area contributed by atoms with Gasteiger partial charge in [-0.15, -0.1) is 0 Å². The van der Waals surface area contributed by atoms with Crippen LogP contribution in [0.25, 0.3) is 0 Å². The molecule has 7 heteroatoms. The second kappa shape index (κ2) is 6.93. The highest BCUT2D eigenvalue weighted by Crippen LogP contribution is 2.30. The van der Waals surface area contributed by atoms with E-state index in [1.165, 1.54) is 0 Å². The number of hydrogen-bond acceptors (Lipinski definition) is 6. The molecule has 1 amide bonds. The summed E-state index contributed by atoms with van der Waals surface area (Å²) >= 11 is 0. The molecule has 3 rings (SSSR count). The summed E-state index contributed by atoms with van der Waals surface area (Å²) in [4.78, 5) is 22.6. The molecule has 1 N–H and O–H groups in total. The minimum absolute atomic E-state index is 0.109. The molecular formula is C17H26N4O3. The van der Waals surface area contributed by atoms with Gasteiger partial charge in [-0.25, -0.2) is 14.8 Å². The standard InChI is InChI=1S/C17H26N4O3/c1-17(2,3)24-16(22)18-8-12-9-21(10-12)15-7-13(19-11-20-15)14-5-4-6-23-14/h7,11-12,14H,4-6,8-10H2,1-3H3,(H,18,22). The fraction of sp³-hybridized carbons (Fsp3) is 0.706. The Hall–Kier alpha value is -1.89. The zero-order chi connectivity index (χ0) is 17.2. The molecule has 3 heterocycles. The molecule has 132 valence electrons. The summed E-state index contributed by atoms with van der Waals surface area (Å²) in [5, 5.41) is 2.83. The number of anilines is 1. The van der Waals surface area contributed by atoms with E-state index in [1.54, 1.807) is 6.33 Å². The Kier molecular flexibility index (Phi) is 4.89. The number of rotatable bonds is 4. The van der Waals surface area contributed by atoms with Crippen molar-refractivity contribution in [3.63, 3.8) is 0 Å². The molecule has 0 aliphatic carbocycles. The molecule has 2 aliphatic heterocycles. The summed E-state index contributed by atoms with van der Waals surface area (Å²) in [6, 6.07) is 2.02. The highest BCUT2D eigenvalue weighted by Gasteiger charge is 2.29. The molecule has 2 aliphatic rings. The number of amides is 1. The molecule has 1 aromatic heterocycles. The molecule has 1 aromatic rings. The third kappa shape index (κ3) is 4.35. The predicted octanol–water partition coefficient (Wildman–Crippen LogP) is 2.29. The van der Waals surface area contributed by atoms with Crippen molar-refractivity contribution in [2.75, 3.05) is 31.1 Å². The van der Waals surface area contributed by atoms with E-state index >= 15 is 0 Å². The van der Waals surface area contributed by atoms with Crippen LogP contribution in [0.15, 0.2) is 12.4 Å². The maximum atomic E-state index is 11.7. The van der Waals surface area contributed by atoms with Crippen LogP contribution in [-0.2, 0) is 9.47 Å². The number of carbonyl (C=O) groups excluding carboxylic acids is 1. The third-order valence-corrected chi connectivity index (χ3v) is 4.15. The van der Waals surface area contributed by atoms with E-state index in [1.807, 2.05) is 26.8 Å². The van der Waals surface area contributed by atoms with Crippen LogP contribution in [0.1, 0.15) is 45.4 Å². The summed E-state index contributed by atoms with van der Waals surface area (Å²) in [5.41, 5.74) is 0.503. The second-order valence-electron chi connectivity index (χ2n) is 7.46. The quantitative estimate of drug-likeness (QED) is 0.910. The fourth-order valence-corrected chi connectivity index (χ4v) is 2.95. The molecule has 24 heavy (non-hydrogen) atoms. The molecule has 0 saturated carbocycles. The van der Waals surface area contributed by atoms with Crippen LogP contribution in [-0.4, -0.2) is 47.9 Å². The van der Waals surface area contributed by atoms with E-state index in [4.69, 9.17) is 9.47 Å². The van der Waals surface area contributed by atoms with Crippen LogP contribution in [0.5, 0.6) is 0 Å². The molecule has 0 bridgehead atoms. The van der Waals surface area contributed by atoms with Gasteiger partial charge in [-0.1, -0.05) is 0 Å². The average Bonchev–Trinajstić information content (AvgIpc) is 2.98. The van der Waals surface area contributed by atoms with Gasteiger partial charge in [-0.3, -0.25) is 0 Å². The van der Waals surface area contributed by atoms with E-state index in [0.717, 1.165) is 44.0 Å². The van der Waals surface area contributed by atoms with Crippen LogP contribution >= 0.6 is 0 Å². The molecule has 1 atom stereocenters. The largest absolute Gasteiger partial charge is 0.444 e. The average molecular weight is 334 g/mol. The van der Waals surface area contributed by atoms with Crippen molar-refractivity contribution >= 4 is 11.9 Å². The molecular weight excluding hydrogens is 308 g/mol. The van der Waals surface area contributed by atoms with Gasteiger partial charge in [0.05, 0.1) is 11.8 Å². The third-order valence-electron chi connectivity index (χ3n) is 4.15. The number of hydrogen-bond donors (Lipinski definition) is 1. The summed E-state index contributed by atoms with van der Waals surface area (Å²) in [5.74, 6) is 1.35. The molecule has 7 nitrogen and oxygen atoms in total. The molecule has 0 radical (unpaired) electrons. The monoisotopic (exact) mass is 334 g/mol. The van der Waals surface area contributed by atoms with Crippen molar-refractivity contribution in [2.45, 2.75) is 45.3 Å². The molecule has 0 spiro atoms. The van der Waals surface area contributed by atoms with Gasteiger partial charge in [0.15, 0.2) is 0 Å². The van der Waals surface area contributed by atoms with Gasteiger partial charge in [-0.2, -0.15) is 0 Å². The van der Waals surface area contributed by atoms with E-state index in [2.05, 4.69) is 20.2 Å². The summed E-state index contributed by atoms with van der Waals surface area (Å²) in [6.45, 7) is 8.76. The fourth-order valence-electron chi connectivity index (χ4n) is 2.95. The number of ether oxygens (including phenoxy) is 2. The van der Waals surface area contributed by atoms with Crippen molar-refractivity contribution in [3.8, 4) is 0 Å². The first kappa shape index (κ1) is 17.0. The Morgan fingerprint density at radius 2 is 2.21 bits per heavy atom. The minimum Gasteiger partial charge on any atom is -0.444 e. The minimum atomic E-state index is -0.463. The van der Waals surface area contributed by atoms with Gasteiger partial charge < -0.3 is 19.7 Å². The van der Waals surface area contributed by atoms with Crippen molar-refractivity contribution < 1.29 is 14.3 Å². The first-order valence-electron chi connectivity index (χ1n) is 8.56. The van der Waals surface area contributed by atoms with Gasteiger partial charge in [0.2, 0.25) is 0 Å². The Morgan fingerprint density at radius 3 is 2.88 bits per heavy atom. The highest BCUT2D eigenvalue weighted by molar-refractivity contribution is 5.67. The maximum Gasteiger partial charge on any atom is 0.407 e. The molecule has 1 unspecified atom stereocenters. The Balaban J connectivity index is 1.45. The van der Waals surface area contributed by atoms with Crippen LogP contribution in [0.4, 0.5) is 10.6 Å². The SMILES string of the molecule is CC(C)(C)OC(=O)NCC1CN(c2cc(C3CCCO3)ncn2)C1. The number of alkyl carbamates (subject to hydrolysis) is 1. The summed E-state index contributed by atoms with van der Waals surface area (Å²) < 4.78 is 10.9. The molecule has 0 aromatic carbocycles. The Bertz CT molecular complexity index is 575. The van der Waals surface area contributed by atoms with Gasteiger partial charge in [0.25, 0.3) is 0 Å². The predicted molar refractivity (Wildman–Crippen MR) is 89.9 cm³/mol. The number of nitrogens with one attached hydrogen (secondary N) is 1. The van der Waals surface area contributed by atoms with E-state index in [0.29, 0.717) is 12.5 Å². The lowest BCUT2D eigenvalue weighted by atomic mass is 10.00. The van der Waals surface area contributed by atoms with Gasteiger partial charge in [0, 0.05) is 38.2 Å². The molecule has 2 saturated heterocycles. The summed E-state index contributed by atoms with van der Waals surface area (Å²) in [6.07, 6.45) is 3.48. The second-order valence-corrected chi connectivity index (χ2v) is 7.46. The van der Waals surface area contributed by atoms with Gasteiger partial charge in [-0.05, 0) is 33.6 Å². The number of aromatic nitrogens is 2. The Labute approximate surface area is 142 Å². The lowest BCUT2D eigenvalue weighted by Gasteiger charge is -2.40. The van der Waals surface area contributed by atoms with Gasteiger partial charge in [0.1, 0.15) is 17.7 Å². The summed E-state index contributed by atoms with van der Waals surface area (Å²) in [7, 11) is 0. The number of nitrogens with zero attached hydrogens (tertiary/aromatic N) is 3. The first-order valence-corrected chi connectivity index (χ1v) is 8.56. The van der Waals surface area contributed by atoms with Crippen LogP contribution < -0.4 is 10.2 Å². The van der Waals surface area contributed by atoms with Crippen molar-refractivity contribution in [2.24, 2.45) is 5.92 Å². The van der Waals surface area contributed by atoms with Crippen LogP contribution in [0, 0.1) is 5.92 Å². The first-order chi connectivity index (χ1) is 11.4. The highest BCUT2D eigenvalue weighted by atomic mass is 16.6. The lowest BCUT2D eigenvalue weighted by Crippen LogP contribution is -2.52.